The minimum absolute atomic E-state index is 0.565. The molecule has 4 nitrogen and oxygen atoms in total. The van der Waals surface area contributed by atoms with Crippen molar-refractivity contribution in [2.24, 2.45) is 5.73 Å². The lowest BCUT2D eigenvalue weighted by Crippen LogP contribution is -2.41. The second-order valence-corrected chi connectivity index (χ2v) is 5.36. The average molecular weight is 251 g/mol. The van der Waals surface area contributed by atoms with Gasteiger partial charge in [0.15, 0.2) is 0 Å². The Balaban J connectivity index is 2.02. The molecule has 2 atom stereocenters. The Hall–Kier alpha value is -0.840. The summed E-state index contributed by atoms with van der Waals surface area (Å²) in [7, 11) is 2.21. The molecule has 0 radical (unpaired) electrons. The fourth-order valence-electron chi connectivity index (χ4n) is 2.67. The Morgan fingerprint density at radius 2 is 2.33 bits per heavy atom. The van der Waals surface area contributed by atoms with Crippen molar-refractivity contribution in [3.8, 4) is 0 Å². The van der Waals surface area contributed by atoms with E-state index >= 15 is 0 Å². The van der Waals surface area contributed by atoms with Crippen LogP contribution in [0.1, 0.15) is 25.5 Å². The summed E-state index contributed by atoms with van der Waals surface area (Å²) in [6.07, 6.45) is 4.03. The molecule has 0 amide bonds. The zero-order chi connectivity index (χ0) is 13.0. The highest BCUT2D eigenvalue weighted by molar-refractivity contribution is 4.99. The molecule has 1 saturated heterocycles. The van der Waals surface area contributed by atoms with Gasteiger partial charge >= 0.3 is 0 Å². The summed E-state index contributed by atoms with van der Waals surface area (Å²) in [4.78, 5) is 4.97. The minimum atomic E-state index is 0.565. The largest absolute Gasteiger partial charge is 0.468 e. The summed E-state index contributed by atoms with van der Waals surface area (Å²) in [6, 6.07) is 5.18. The van der Waals surface area contributed by atoms with Crippen LogP contribution in [-0.4, -0.2) is 48.6 Å². The highest BCUT2D eigenvalue weighted by Crippen LogP contribution is 2.18. The smallest absolute Gasteiger partial charge is 0.117 e. The van der Waals surface area contributed by atoms with E-state index < -0.39 is 0 Å². The standard InChI is InChI=1S/C14H25N3O/c1-12-6-8-16(2)13(5-7-15)10-17(12)11-14-4-3-9-18-14/h3-4,9,12-13H,5-8,10-11,15H2,1-2H3. The number of hydrogen-bond acceptors (Lipinski definition) is 4. The number of nitrogens with two attached hydrogens (primary N) is 1. The number of furan rings is 1. The van der Waals surface area contributed by atoms with E-state index in [1.165, 1.54) is 6.42 Å². The Morgan fingerprint density at radius 3 is 3.00 bits per heavy atom. The van der Waals surface area contributed by atoms with Gasteiger partial charge in [0.05, 0.1) is 12.8 Å². The predicted molar refractivity (Wildman–Crippen MR) is 73.3 cm³/mol. The molecule has 0 saturated carbocycles. The van der Waals surface area contributed by atoms with Crippen LogP contribution in [-0.2, 0) is 6.54 Å². The second kappa shape index (κ2) is 6.36. The predicted octanol–water partition coefficient (Wildman–Crippen LogP) is 1.52. The molecule has 1 fully saturated rings. The SMILES string of the molecule is CC1CCN(C)C(CCN)CN1Cc1ccco1. The van der Waals surface area contributed by atoms with E-state index in [4.69, 9.17) is 10.2 Å². The lowest BCUT2D eigenvalue weighted by molar-refractivity contribution is 0.159. The van der Waals surface area contributed by atoms with Crippen LogP contribution in [0.15, 0.2) is 22.8 Å². The maximum atomic E-state index is 5.73. The van der Waals surface area contributed by atoms with Gasteiger partial charge in [0.2, 0.25) is 0 Å². The van der Waals surface area contributed by atoms with Crippen LogP contribution in [0, 0.1) is 0 Å². The molecule has 0 bridgehead atoms. The topological polar surface area (TPSA) is 45.6 Å². The normalized spacial score (nSPS) is 27.3. The van der Waals surface area contributed by atoms with Gasteiger partial charge in [0, 0.05) is 18.6 Å². The van der Waals surface area contributed by atoms with E-state index in [2.05, 4.69) is 29.8 Å². The Bertz CT molecular complexity index is 339. The zero-order valence-electron chi connectivity index (χ0n) is 11.5. The molecular formula is C14H25N3O. The molecule has 1 aromatic rings. The summed E-state index contributed by atoms with van der Waals surface area (Å²) < 4.78 is 5.47. The Morgan fingerprint density at radius 1 is 1.50 bits per heavy atom. The molecule has 18 heavy (non-hydrogen) atoms. The van der Waals surface area contributed by atoms with Gasteiger partial charge in [-0.1, -0.05) is 0 Å². The van der Waals surface area contributed by atoms with E-state index in [1.54, 1.807) is 6.26 Å². The van der Waals surface area contributed by atoms with Gasteiger partial charge < -0.3 is 15.1 Å². The van der Waals surface area contributed by atoms with Gasteiger partial charge in [-0.25, -0.2) is 0 Å². The third-order valence-electron chi connectivity index (χ3n) is 4.03. The first-order chi connectivity index (χ1) is 8.70. The summed E-state index contributed by atoms with van der Waals surface area (Å²) >= 11 is 0. The highest BCUT2D eigenvalue weighted by Gasteiger charge is 2.26. The first-order valence-corrected chi connectivity index (χ1v) is 6.87. The first-order valence-electron chi connectivity index (χ1n) is 6.87. The number of rotatable bonds is 4. The number of nitrogens with zero attached hydrogens (tertiary/aromatic N) is 2. The van der Waals surface area contributed by atoms with E-state index in [1.807, 2.05) is 6.07 Å². The van der Waals surface area contributed by atoms with Crippen LogP contribution in [0.5, 0.6) is 0 Å². The van der Waals surface area contributed by atoms with Crippen molar-refractivity contribution in [3.63, 3.8) is 0 Å². The van der Waals surface area contributed by atoms with Crippen LogP contribution in [0.3, 0.4) is 0 Å². The van der Waals surface area contributed by atoms with E-state index in [-0.39, 0.29) is 0 Å². The van der Waals surface area contributed by atoms with Crippen molar-refractivity contribution in [1.29, 1.82) is 0 Å². The van der Waals surface area contributed by atoms with Crippen LogP contribution < -0.4 is 5.73 Å². The lowest BCUT2D eigenvalue weighted by atomic mass is 10.1. The zero-order valence-corrected chi connectivity index (χ0v) is 11.5. The third kappa shape index (κ3) is 3.34. The average Bonchev–Trinajstić information content (AvgIpc) is 2.82. The van der Waals surface area contributed by atoms with Crippen molar-refractivity contribution in [3.05, 3.63) is 24.2 Å². The molecule has 0 aliphatic carbocycles. The Kier molecular flexibility index (Phi) is 4.80. The van der Waals surface area contributed by atoms with Crippen LogP contribution in [0.2, 0.25) is 0 Å². The summed E-state index contributed by atoms with van der Waals surface area (Å²) in [5, 5.41) is 0. The van der Waals surface area contributed by atoms with Crippen molar-refractivity contribution >= 4 is 0 Å². The molecule has 2 N–H and O–H groups in total. The van der Waals surface area contributed by atoms with Crippen molar-refractivity contribution in [1.82, 2.24) is 9.80 Å². The summed E-state index contributed by atoms with van der Waals surface area (Å²) in [5.74, 6) is 1.05. The highest BCUT2D eigenvalue weighted by atomic mass is 16.3. The van der Waals surface area contributed by atoms with Gasteiger partial charge in [-0.3, -0.25) is 4.90 Å². The monoisotopic (exact) mass is 251 g/mol. The molecule has 4 heteroatoms. The Labute approximate surface area is 110 Å². The first kappa shape index (κ1) is 13.6. The second-order valence-electron chi connectivity index (χ2n) is 5.36. The fraction of sp³-hybridized carbons (Fsp3) is 0.714. The van der Waals surface area contributed by atoms with Crippen LogP contribution in [0.4, 0.5) is 0 Å². The molecule has 2 rings (SSSR count). The molecule has 1 aliphatic rings. The summed E-state index contributed by atoms with van der Waals surface area (Å²) in [5.41, 5.74) is 5.73. The molecule has 2 unspecified atom stereocenters. The lowest BCUT2D eigenvalue weighted by Gasteiger charge is -2.30. The van der Waals surface area contributed by atoms with Crippen molar-refractivity contribution in [2.45, 2.75) is 38.4 Å². The van der Waals surface area contributed by atoms with Crippen molar-refractivity contribution in [2.75, 3.05) is 26.7 Å². The molecule has 0 aromatic carbocycles. The summed E-state index contributed by atoms with van der Waals surface area (Å²) in [6.45, 7) is 6.21. The molecule has 2 heterocycles. The maximum absolute atomic E-state index is 5.73. The molecular weight excluding hydrogens is 226 g/mol. The minimum Gasteiger partial charge on any atom is -0.468 e. The molecule has 1 aromatic heterocycles. The third-order valence-corrected chi connectivity index (χ3v) is 4.03. The van der Waals surface area contributed by atoms with Crippen LogP contribution in [0.25, 0.3) is 0 Å². The number of hydrogen-bond donors (Lipinski definition) is 1. The van der Waals surface area contributed by atoms with E-state index in [9.17, 15) is 0 Å². The van der Waals surface area contributed by atoms with Gasteiger partial charge in [0.25, 0.3) is 0 Å². The van der Waals surface area contributed by atoms with E-state index in [0.29, 0.717) is 12.1 Å². The number of likely N-dealkylation sites (N-methyl/N-ethyl adjacent to an activating group) is 1. The maximum Gasteiger partial charge on any atom is 0.117 e. The quantitative estimate of drug-likeness (QED) is 0.881. The molecule has 0 spiro atoms. The van der Waals surface area contributed by atoms with Gasteiger partial charge in [0.1, 0.15) is 5.76 Å². The van der Waals surface area contributed by atoms with Gasteiger partial charge in [-0.05, 0) is 52.0 Å². The van der Waals surface area contributed by atoms with Gasteiger partial charge in [-0.15, -0.1) is 0 Å². The van der Waals surface area contributed by atoms with E-state index in [0.717, 1.165) is 38.4 Å². The van der Waals surface area contributed by atoms with Crippen molar-refractivity contribution < 1.29 is 4.42 Å². The molecule has 102 valence electrons. The fourth-order valence-corrected chi connectivity index (χ4v) is 2.67. The van der Waals surface area contributed by atoms with Gasteiger partial charge in [-0.2, -0.15) is 0 Å². The van der Waals surface area contributed by atoms with Crippen LogP contribution >= 0.6 is 0 Å². The molecule has 1 aliphatic heterocycles.